The van der Waals surface area contributed by atoms with Crippen LogP contribution in [0.25, 0.3) is 16.3 Å². The normalized spacial score (nSPS) is 12.7. The van der Waals surface area contributed by atoms with Crippen molar-refractivity contribution in [2.45, 2.75) is 39.7 Å². The Labute approximate surface area is 162 Å². The van der Waals surface area contributed by atoms with Crippen LogP contribution >= 0.6 is 11.3 Å². The maximum absolute atomic E-state index is 9.62. The van der Waals surface area contributed by atoms with Gasteiger partial charge in [-0.05, 0) is 44.7 Å². The lowest BCUT2D eigenvalue weighted by atomic mass is 10.2. The van der Waals surface area contributed by atoms with Crippen LogP contribution in [0.4, 0.5) is 0 Å². The number of fused-ring (bicyclic) bond motifs is 1. The zero-order valence-electron chi connectivity index (χ0n) is 15.8. The molecule has 27 heavy (non-hydrogen) atoms. The molecule has 0 spiro atoms. The second-order valence-electron chi connectivity index (χ2n) is 6.90. The summed E-state index contributed by atoms with van der Waals surface area (Å²) in [5.74, 6) is 1.71. The van der Waals surface area contributed by atoms with Crippen molar-refractivity contribution in [2.75, 3.05) is 6.61 Å². The summed E-state index contributed by atoms with van der Waals surface area (Å²) in [6.45, 7) is 6.14. The number of imidazole rings is 2. The second kappa shape index (κ2) is 7.25. The summed E-state index contributed by atoms with van der Waals surface area (Å²) in [7, 11) is 0. The summed E-state index contributed by atoms with van der Waals surface area (Å²) in [5, 5.41) is 11.7. The standard InChI is InChI=1S/C20H23N5OS/c1-13-9-14(2)25-10-16(22-20(25)21-13)6-7-19-23-17(18-5-4-8-27-18)11-24(19)15(3)12-26/h4-5,8-11,15,26H,6-7,12H2,1-3H3/t15-/m0/s1. The molecule has 140 valence electrons. The van der Waals surface area contributed by atoms with E-state index in [9.17, 15) is 5.11 Å². The first kappa shape index (κ1) is 17.9. The molecule has 4 aromatic heterocycles. The van der Waals surface area contributed by atoms with E-state index in [1.165, 1.54) is 0 Å². The third-order valence-electron chi connectivity index (χ3n) is 4.74. The van der Waals surface area contributed by atoms with E-state index in [2.05, 4.69) is 45.2 Å². The van der Waals surface area contributed by atoms with Gasteiger partial charge in [-0.2, -0.15) is 0 Å². The van der Waals surface area contributed by atoms with Gasteiger partial charge in [0, 0.05) is 30.2 Å². The average Bonchev–Trinajstić information content (AvgIpc) is 3.37. The van der Waals surface area contributed by atoms with Gasteiger partial charge in [0.1, 0.15) is 5.82 Å². The van der Waals surface area contributed by atoms with Crippen molar-refractivity contribution in [3.8, 4) is 10.6 Å². The Morgan fingerprint density at radius 3 is 2.74 bits per heavy atom. The minimum atomic E-state index is -0.00570. The van der Waals surface area contributed by atoms with E-state index < -0.39 is 0 Å². The van der Waals surface area contributed by atoms with E-state index in [0.717, 1.165) is 52.1 Å². The van der Waals surface area contributed by atoms with Gasteiger partial charge in [-0.25, -0.2) is 15.0 Å². The largest absolute Gasteiger partial charge is 0.394 e. The Kier molecular flexibility index (Phi) is 4.80. The summed E-state index contributed by atoms with van der Waals surface area (Å²) in [6, 6.07) is 6.15. The Morgan fingerprint density at radius 1 is 1.15 bits per heavy atom. The molecule has 0 aliphatic heterocycles. The Bertz CT molecular complexity index is 1060. The topological polar surface area (TPSA) is 68.2 Å². The van der Waals surface area contributed by atoms with Crippen LogP contribution in [0, 0.1) is 13.8 Å². The molecule has 6 nitrogen and oxygen atoms in total. The van der Waals surface area contributed by atoms with Gasteiger partial charge in [0.15, 0.2) is 0 Å². The fraction of sp³-hybridized carbons (Fsp3) is 0.350. The van der Waals surface area contributed by atoms with Crippen molar-refractivity contribution < 1.29 is 5.11 Å². The third-order valence-corrected chi connectivity index (χ3v) is 5.63. The minimum absolute atomic E-state index is 0.00570. The molecule has 0 unspecified atom stereocenters. The first-order valence-corrected chi connectivity index (χ1v) is 9.98. The maximum atomic E-state index is 9.62. The van der Waals surface area contributed by atoms with E-state index >= 15 is 0 Å². The van der Waals surface area contributed by atoms with Gasteiger partial charge in [0.25, 0.3) is 0 Å². The van der Waals surface area contributed by atoms with E-state index in [-0.39, 0.29) is 12.6 Å². The lowest BCUT2D eigenvalue weighted by molar-refractivity contribution is 0.236. The molecule has 4 heterocycles. The highest BCUT2D eigenvalue weighted by atomic mass is 32.1. The maximum Gasteiger partial charge on any atom is 0.234 e. The van der Waals surface area contributed by atoms with Gasteiger partial charge in [0.05, 0.1) is 28.9 Å². The summed E-state index contributed by atoms with van der Waals surface area (Å²) in [5.41, 5.74) is 4.07. The molecular formula is C20H23N5OS. The number of hydrogen-bond donors (Lipinski definition) is 1. The molecule has 0 aromatic carbocycles. The molecule has 1 N–H and O–H groups in total. The quantitative estimate of drug-likeness (QED) is 0.554. The van der Waals surface area contributed by atoms with Crippen LogP contribution in [0.1, 0.15) is 35.9 Å². The van der Waals surface area contributed by atoms with Crippen LogP contribution in [0.3, 0.4) is 0 Å². The van der Waals surface area contributed by atoms with Crippen LogP contribution in [0.15, 0.2) is 36.0 Å². The van der Waals surface area contributed by atoms with Crippen molar-refractivity contribution in [3.63, 3.8) is 0 Å². The van der Waals surface area contributed by atoms with Crippen molar-refractivity contribution in [1.29, 1.82) is 0 Å². The number of aliphatic hydroxyl groups excluding tert-OH is 1. The van der Waals surface area contributed by atoms with Crippen molar-refractivity contribution in [3.05, 3.63) is 58.9 Å². The molecule has 7 heteroatoms. The smallest absolute Gasteiger partial charge is 0.234 e. The number of nitrogens with zero attached hydrogens (tertiary/aromatic N) is 5. The molecule has 0 aliphatic rings. The Hall–Kier alpha value is -2.51. The summed E-state index contributed by atoms with van der Waals surface area (Å²) in [4.78, 5) is 15.2. The lowest BCUT2D eigenvalue weighted by Crippen LogP contribution is -2.12. The van der Waals surface area contributed by atoms with Gasteiger partial charge in [0.2, 0.25) is 5.78 Å². The zero-order chi connectivity index (χ0) is 19.0. The Morgan fingerprint density at radius 2 is 2.00 bits per heavy atom. The van der Waals surface area contributed by atoms with Crippen molar-refractivity contribution in [2.24, 2.45) is 0 Å². The molecular weight excluding hydrogens is 358 g/mol. The van der Waals surface area contributed by atoms with Crippen LogP contribution in [0.5, 0.6) is 0 Å². The number of aliphatic hydroxyl groups is 1. The van der Waals surface area contributed by atoms with Gasteiger partial charge in [-0.3, -0.25) is 4.40 Å². The number of thiophene rings is 1. The fourth-order valence-electron chi connectivity index (χ4n) is 3.31. The Balaban J connectivity index is 1.61. The van der Waals surface area contributed by atoms with Crippen LogP contribution in [-0.2, 0) is 12.8 Å². The van der Waals surface area contributed by atoms with E-state index in [1.807, 2.05) is 30.5 Å². The van der Waals surface area contributed by atoms with E-state index in [1.54, 1.807) is 11.3 Å². The van der Waals surface area contributed by atoms with E-state index in [0.29, 0.717) is 0 Å². The average molecular weight is 382 g/mol. The first-order valence-electron chi connectivity index (χ1n) is 9.10. The minimum Gasteiger partial charge on any atom is -0.394 e. The molecule has 0 bridgehead atoms. The molecule has 4 aromatic rings. The predicted molar refractivity (Wildman–Crippen MR) is 107 cm³/mol. The number of aryl methyl sites for hydroxylation is 4. The summed E-state index contributed by atoms with van der Waals surface area (Å²) >= 11 is 1.68. The van der Waals surface area contributed by atoms with Gasteiger partial charge in [-0.1, -0.05) is 6.07 Å². The van der Waals surface area contributed by atoms with Crippen LogP contribution in [-0.4, -0.2) is 35.6 Å². The second-order valence-corrected chi connectivity index (χ2v) is 7.85. The highest BCUT2D eigenvalue weighted by Gasteiger charge is 2.15. The number of aromatic nitrogens is 5. The number of rotatable bonds is 6. The fourth-order valence-corrected chi connectivity index (χ4v) is 3.99. The summed E-state index contributed by atoms with van der Waals surface area (Å²) < 4.78 is 4.11. The number of hydrogen-bond acceptors (Lipinski definition) is 5. The molecule has 0 aliphatic carbocycles. The lowest BCUT2D eigenvalue weighted by Gasteiger charge is -2.13. The highest BCUT2D eigenvalue weighted by molar-refractivity contribution is 7.13. The van der Waals surface area contributed by atoms with Crippen molar-refractivity contribution >= 4 is 17.1 Å². The van der Waals surface area contributed by atoms with Gasteiger partial charge >= 0.3 is 0 Å². The van der Waals surface area contributed by atoms with Crippen molar-refractivity contribution in [1.82, 2.24) is 23.9 Å². The first-order chi connectivity index (χ1) is 13.0. The summed E-state index contributed by atoms with van der Waals surface area (Å²) in [6.07, 6.45) is 5.64. The van der Waals surface area contributed by atoms with Gasteiger partial charge < -0.3 is 9.67 Å². The SMILES string of the molecule is Cc1cc(C)n2cc(CCc3nc(-c4cccs4)cn3[C@@H](C)CO)nc2n1. The predicted octanol–water partition coefficient (Wildman–Crippen LogP) is 3.61. The molecule has 0 fully saturated rings. The molecule has 0 saturated heterocycles. The van der Waals surface area contributed by atoms with Crippen LogP contribution in [0.2, 0.25) is 0 Å². The monoisotopic (exact) mass is 381 g/mol. The highest BCUT2D eigenvalue weighted by Crippen LogP contribution is 2.26. The van der Waals surface area contributed by atoms with Crippen LogP contribution < -0.4 is 0 Å². The molecule has 0 amide bonds. The van der Waals surface area contributed by atoms with Gasteiger partial charge in [-0.15, -0.1) is 11.3 Å². The van der Waals surface area contributed by atoms with E-state index in [4.69, 9.17) is 4.98 Å². The third kappa shape index (κ3) is 3.52. The zero-order valence-corrected chi connectivity index (χ0v) is 16.6. The molecule has 0 radical (unpaired) electrons. The molecule has 1 atom stereocenters. The molecule has 4 rings (SSSR count). The molecule has 0 saturated carbocycles.